The van der Waals surface area contributed by atoms with Gasteiger partial charge < -0.3 is 15.0 Å². The summed E-state index contributed by atoms with van der Waals surface area (Å²) >= 11 is 0. The van der Waals surface area contributed by atoms with Crippen LogP contribution in [0.5, 0.6) is 0 Å². The summed E-state index contributed by atoms with van der Waals surface area (Å²) in [6.07, 6.45) is 2.72. The molecule has 0 aromatic rings. The molecule has 0 bridgehead atoms. The standard InChI is InChI=1S/C13H24N2O3/c1-10(16)14-9-11-7-5-6-8-15(11)12(17)18-13(2,3)4/h11H,5-9H2,1-4H3,(H,14,16). The van der Waals surface area contributed by atoms with E-state index in [1.807, 2.05) is 20.8 Å². The second kappa shape index (κ2) is 6.07. The summed E-state index contributed by atoms with van der Waals surface area (Å²) in [7, 11) is 0. The predicted molar refractivity (Wildman–Crippen MR) is 69.3 cm³/mol. The SMILES string of the molecule is CC(=O)NCC1CCCCN1C(=O)OC(C)(C)C. The van der Waals surface area contributed by atoms with Crippen molar-refractivity contribution in [3.8, 4) is 0 Å². The minimum Gasteiger partial charge on any atom is -0.444 e. The van der Waals surface area contributed by atoms with Crippen molar-refractivity contribution in [2.75, 3.05) is 13.1 Å². The molecule has 1 rings (SSSR count). The van der Waals surface area contributed by atoms with Gasteiger partial charge in [-0.2, -0.15) is 0 Å². The summed E-state index contributed by atoms with van der Waals surface area (Å²) in [5, 5.41) is 2.77. The normalized spacial score (nSPS) is 20.4. The van der Waals surface area contributed by atoms with Crippen LogP contribution in [0.25, 0.3) is 0 Å². The van der Waals surface area contributed by atoms with E-state index in [0.29, 0.717) is 13.1 Å². The molecule has 0 radical (unpaired) electrons. The van der Waals surface area contributed by atoms with Gasteiger partial charge in [0.1, 0.15) is 5.60 Å². The van der Waals surface area contributed by atoms with Crippen LogP contribution in [-0.4, -0.2) is 41.6 Å². The number of nitrogens with one attached hydrogen (secondary N) is 1. The van der Waals surface area contributed by atoms with E-state index in [2.05, 4.69) is 5.32 Å². The summed E-state index contributed by atoms with van der Waals surface area (Å²) in [6.45, 7) is 8.28. The summed E-state index contributed by atoms with van der Waals surface area (Å²) in [5.74, 6) is -0.0651. The molecule has 5 heteroatoms. The van der Waals surface area contributed by atoms with Crippen LogP contribution < -0.4 is 5.32 Å². The van der Waals surface area contributed by atoms with E-state index in [-0.39, 0.29) is 18.0 Å². The van der Waals surface area contributed by atoms with Gasteiger partial charge in [-0.1, -0.05) is 0 Å². The minimum absolute atomic E-state index is 0.0532. The first-order chi connectivity index (χ1) is 8.29. The zero-order chi connectivity index (χ0) is 13.8. The maximum Gasteiger partial charge on any atom is 0.410 e. The van der Waals surface area contributed by atoms with E-state index in [4.69, 9.17) is 4.74 Å². The van der Waals surface area contributed by atoms with Crippen LogP contribution in [0.2, 0.25) is 0 Å². The molecule has 104 valence electrons. The van der Waals surface area contributed by atoms with Crippen molar-refractivity contribution < 1.29 is 14.3 Å². The van der Waals surface area contributed by atoms with Gasteiger partial charge in [-0.3, -0.25) is 4.79 Å². The van der Waals surface area contributed by atoms with Crippen LogP contribution in [0.15, 0.2) is 0 Å². The molecular weight excluding hydrogens is 232 g/mol. The lowest BCUT2D eigenvalue weighted by Crippen LogP contribution is -2.50. The zero-order valence-corrected chi connectivity index (χ0v) is 11.8. The monoisotopic (exact) mass is 256 g/mol. The number of carbonyl (C=O) groups is 2. The molecular formula is C13H24N2O3. The van der Waals surface area contributed by atoms with E-state index in [1.165, 1.54) is 6.92 Å². The van der Waals surface area contributed by atoms with E-state index >= 15 is 0 Å². The molecule has 1 saturated heterocycles. The second-order valence-corrected chi connectivity index (χ2v) is 5.76. The summed E-state index contributed by atoms with van der Waals surface area (Å²) in [5.41, 5.74) is -0.479. The van der Waals surface area contributed by atoms with Crippen molar-refractivity contribution in [2.45, 2.75) is 58.6 Å². The summed E-state index contributed by atoms with van der Waals surface area (Å²) < 4.78 is 5.39. The number of ether oxygens (including phenoxy) is 1. The maximum atomic E-state index is 12.1. The molecule has 1 N–H and O–H groups in total. The van der Waals surface area contributed by atoms with Crippen LogP contribution >= 0.6 is 0 Å². The Labute approximate surface area is 109 Å². The highest BCUT2D eigenvalue weighted by Crippen LogP contribution is 2.19. The van der Waals surface area contributed by atoms with Crippen molar-refractivity contribution in [3.05, 3.63) is 0 Å². The van der Waals surface area contributed by atoms with Gasteiger partial charge in [0.05, 0.1) is 6.04 Å². The van der Waals surface area contributed by atoms with Gasteiger partial charge in [0.25, 0.3) is 0 Å². The lowest BCUT2D eigenvalue weighted by atomic mass is 10.0. The zero-order valence-electron chi connectivity index (χ0n) is 11.8. The Balaban J connectivity index is 2.58. The van der Waals surface area contributed by atoms with Crippen LogP contribution in [0.3, 0.4) is 0 Å². The first kappa shape index (κ1) is 14.8. The first-order valence-electron chi connectivity index (χ1n) is 6.53. The Morgan fingerprint density at radius 1 is 1.33 bits per heavy atom. The van der Waals surface area contributed by atoms with Crippen LogP contribution in [0.1, 0.15) is 47.0 Å². The Hall–Kier alpha value is -1.26. The quantitative estimate of drug-likeness (QED) is 0.821. The molecule has 0 saturated carbocycles. The number of hydrogen-bond acceptors (Lipinski definition) is 3. The Morgan fingerprint density at radius 3 is 2.56 bits per heavy atom. The van der Waals surface area contributed by atoms with Crippen molar-refractivity contribution in [1.82, 2.24) is 10.2 Å². The number of piperidine rings is 1. The van der Waals surface area contributed by atoms with Gasteiger partial charge in [-0.05, 0) is 40.0 Å². The fourth-order valence-corrected chi connectivity index (χ4v) is 2.04. The fraction of sp³-hybridized carbons (Fsp3) is 0.846. The highest BCUT2D eigenvalue weighted by atomic mass is 16.6. The van der Waals surface area contributed by atoms with Gasteiger partial charge in [0.2, 0.25) is 5.91 Å². The molecule has 18 heavy (non-hydrogen) atoms. The largest absolute Gasteiger partial charge is 0.444 e. The van der Waals surface area contributed by atoms with Crippen LogP contribution in [-0.2, 0) is 9.53 Å². The fourth-order valence-electron chi connectivity index (χ4n) is 2.04. The predicted octanol–water partition coefficient (Wildman–Crippen LogP) is 1.91. The van der Waals surface area contributed by atoms with Gasteiger partial charge in [0, 0.05) is 20.0 Å². The number of rotatable bonds is 2. The third-order valence-electron chi connectivity index (χ3n) is 2.84. The lowest BCUT2D eigenvalue weighted by Gasteiger charge is -2.36. The number of hydrogen-bond donors (Lipinski definition) is 1. The van der Waals surface area contributed by atoms with Crippen molar-refractivity contribution in [1.29, 1.82) is 0 Å². The van der Waals surface area contributed by atoms with Gasteiger partial charge >= 0.3 is 6.09 Å². The Kier molecular flexibility index (Phi) is 4.99. The van der Waals surface area contributed by atoms with Gasteiger partial charge in [-0.25, -0.2) is 4.79 Å². The van der Waals surface area contributed by atoms with Crippen molar-refractivity contribution >= 4 is 12.0 Å². The molecule has 1 aliphatic rings. The average molecular weight is 256 g/mol. The summed E-state index contributed by atoms with van der Waals surface area (Å²) in [6, 6.07) is 0.0532. The summed E-state index contributed by atoms with van der Waals surface area (Å²) in [4.78, 5) is 24.7. The molecule has 0 spiro atoms. The van der Waals surface area contributed by atoms with E-state index < -0.39 is 5.60 Å². The number of nitrogens with zero attached hydrogens (tertiary/aromatic N) is 1. The molecule has 1 heterocycles. The topological polar surface area (TPSA) is 58.6 Å². The number of amides is 2. The van der Waals surface area contributed by atoms with Gasteiger partial charge in [-0.15, -0.1) is 0 Å². The van der Waals surface area contributed by atoms with Crippen molar-refractivity contribution in [3.63, 3.8) is 0 Å². The highest BCUT2D eigenvalue weighted by molar-refractivity contribution is 5.73. The van der Waals surface area contributed by atoms with E-state index in [0.717, 1.165) is 19.3 Å². The third kappa shape index (κ3) is 4.94. The maximum absolute atomic E-state index is 12.1. The molecule has 1 atom stereocenters. The minimum atomic E-state index is -0.479. The molecule has 2 amide bonds. The average Bonchev–Trinajstić information content (AvgIpc) is 2.24. The smallest absolute Gasteiger partial charge is 0.410 e. The second-order valence-electron chi connectivity index (χ2n) is 5.76. The molecule has 1 aliphatic heterocycles. The number of likely N-dealkylation sites (tertiary alicyclic amines) is 1. The van der Waals surface area contributed by atoms with Gasteiger partial charge in [0.15, 0.2) is 0 Å². The van der Waals surface area contributed by atoms with E-state index in [9.17, 15) is 9.59 Å². The molecule has 1 unspecified atom stereocenters. The van der Waals surface area contributed by atoms with Crippen LogP contribution in [0.4, 0.5) is 4.79 Å². The lowest BCUT2D eigenvalue weighted by molar-refractivity contribution is -0.119. The highest BCUT2D eigenvalue weighted by Gasteiger charge is 2.30. The van der Waals surface area contributed by atoms with Crippen molar-refractivity contribution in [2.24, 2.45) is 0 Å². The third-order valence-corrected chi connectivity index (χ3v) is 2.84. The molecule has 0 aromatic carbocycles. The van der Waals surface area contributed by atoms with Crippen LogP contribution in [0, 0.1) is 0 Å². The Bertz CT molecular complexity index is 310. The van der Waals surface area contributed by atoms with E-state index in [1.54, 1.807) is 4.90 Å². The molecule has 1 fully saturated rings. The number of carbonyl (C=O) groups excluding carboxylic acids is 2. The molecule has 0 aromatic heterocycles. The molecule has 5 nitrogen and oxygen atoms in total. The Morgan fingerprint density at radius 2 is 2.00 bits per heavy atom. The first-order valence-corrected chi connectivity index (χ1v) is 6.53. The molecule has 0 aliphatic carbocycles.